The van der Waals surface area contributed by atoms with E-state index in [0.717, 1.165) is 12.0 Å². The molecule has 4 nitrogen and oxygen atoms in total. The van der Waals surface area contributed by atoms with E-state index in [4.69, 9.17) is 11.6 Å². The number of anilines is 1. The summed E-state index contributed by atoms with van der Waals surface area (Å²) >= 11 is 6.07. The number of rotatable bonds is 6. The first-order valence-corrected chi connectivity index (χ1v) is 7.90. The first-order valence-electron chi connectivity index (χ1n) is 7.52. The summed E-state index contributed by atoms with van der Waals surface area (Å²) in [5.74, 6) is -0.408. The van der Waals surface area contributed by atoms with Crippen LogP contribution in [0.5, 0.6) is 0 Å². The zero-order chi connectivity index (χ0) is 16.7. The molecule has 0 aliphatic heterocycles. The molecule has 0 aromatic heterocycles. The Morgan fingerprint density at radius 1 is 1.04 bits per heavy atom. The summed E-state index contributed by atoms with van der Waals surface area (Å²) < 4.78 is 0. The number of benzene rings is 2. The summed E-state index contributed by atoms with van der Waals surface area (Å²) in [4.78, 5) is 24.4. The molecule has 0 bridgehead atoms. The number of hydrogen-bond donors (Lipinski definition) is 2. The van der Waals surface area contributed by atoms with Crippen LogP contribution in [0.1, 0.15) is 29.3 Å². The van der Waals surface area contributed by atoms with E-state index in [2.05, 4.69) is 10.6 Å². The van der Waals surface area contributed by atoms with Crippen LogP contribution in [-0.4, -0.2) is 18.4 Å². The molecule has 2 aromatic carbocycles. The van der Waals surface area contributed by atoms with Gasteiger partial charge < -0.3 is 10.6 Å². The number of para-hydroxylation sites is 1. The van der Waals surface area contributed by atoms with Crippen molar-refractivity contribution in [3.63, 3.8) is 0 Å². The lowest BCUT2D eigenvalue weighted by molar-refractivity contribution is -0.115. The lowest BCUT2D eigenvalue weighted by Crippen LogP contribution is -2.26. The second-order valence-electron chi connectivity index (χ2n) is 5.12. The van der Waals surface area contributed by atoms with Gasteiger partial charge in [-0.25, -0.2) is 0 Å². The third-order valence-electron chi connectivity index (χ3n) is 3.29. The van der Waals surface area contributed by atoms with Crippen LogP contribution in [0.3, 0.4) is 0 Å². The molecule has 0 aliphatic carbocycles. The molecule has 0 saturated carbocycles. The van der Waals surface area contributed by atoms with Gasteiger partial charge in [-0.3, -0.25) is 9.59 Å². The average Bonchev–Trinajstić information content (AvgIpc) is 2.55. The van der Waals surface area contributed by atoms with E-state index in [1.165, 1.54) is 0 Å². The number of hydrogen-bond acceptors (Lipinski definition) is 2. The minimum Gasteiger partial charge on any atom is -0.352 e. The van der Waals surface area contributed by atoms with Crippen molar-refractivity contribution in [2.75, 3.05) is 11.9 Å². The Morgan fingerprint density at radius 2 is 1.74 bits per heavy atom. The number of amides is 2. The van der Waals surface area contributed by atoms with Crippen LogP contribution < -0.4 is 10.6 Å². The smallest absolute Gasteiger partial charge is 0.253 e. The zero-order valence-corrected chi connectivity index (χ0v) is 13.7. The summed E-state index contributed by atoms with van der Waals surface area (Å²) in [6.45, 7) is 2.58. The van der Waals surface area contributed by atoms with Crippen molar-refractivity contribution >= 4 is 29.1 Å². The molecule has 0 atom stereocenters. The van der Waals surface area contributed by atoms with E-state index in [0.29, 0.717) is 22.8 Å². The van der Waals surface area contributed by atoms with E-state index in [9.17, 15) is 9.59 Å². The van der Waals surface area contributed by atoms with Gasteiger partial charge in [0.1, 0.15) is 0 Å². The van der Waals surface area contributed by atoms with Crippen LogP contribution in [0.25, 0.3) is 0 Å². The minimum absolute atomic E-state index is 0.157. The maximum atomic E-state index is 12.2. The maximum absolute atomic E-state index is 12.2. The van der Waals surface area contributed by atoms with E-state index in [-0.39, 0.29) is 18.2 Å². The Hall–Kier alpha value is -2.33. The fourth-order valence-electron chi connectivity index (χ4n) is 2.13. The Kier molecular flexibility index (Phi) is 6.18. The van der Waals surface area contributed by atoms with E-state index in [1.54, 1.807) is 30.3 Å². The first kappa shape index (κ1) is 17.0. The Balaban J connectivity index is 2.09. The summed E-state index contributed by atoms with van der Waals surface area (Å²) in [5.41, 5.74) is 1.70. The highest BCUT2D eigenvalue weighted by molar-refractivity contribution is 6.31. The van der Waals surface area contributed by atoms with Gasteiger partial charge >= 0.3 is 0 Å². The lowest BCUT2D eigenvalue weighted by Gasteiger charge is -2.11. The van der Waals surface area contributed by atoms with Crippen LogP contribution in [0.4, 0.5) is 5.69 Å². The average molecular weight is 331 g/mol. The number of halogens is 1. The summed E-state index contributed by atoms with van der Waals surface area (Å²) in [7, 11) is 0. The fraction of sp³-hybridized carbons (Fsp3) is 0.222. The third-order valence-corrected chi connectivity index (χ3v) is 3.66. The highest BCUT2D eigenvalue weighted by Crippen LogP contribution is 2.18. The molecule has 2 N–H and O–H groups in total. The van der Waals surface area contributed by atoms with Crippen molar-refractivity contribution in [3.8, 4) is 0 Å². The van der Waals surface area contributed by atoms with Crippen LogP contribution >= 0.6 is 11.6 Å². The molecule has 0 radical (unpaired) electrons. The Morgan fingerprint density at radius 3 is 2.48 bits per heavy atom. The summed E-state index contributed by atoms with van der Waals surface area (Å²) in [6, 6.07) is 14.2. The van der Waals surface area contributed by atoms with Gasteiger partial charge in [-0.1, -0.05) is 48.9 Å². The van der Waals surface area contributed by atoms with Crippen molar-refractivity contribution in [2.24, 2.45) is 0 Å². The van der Waals surface area contributed by atoms with Crippen molar-refractivity contribution in [2.45, 2.75) is 19.8 Å². The van der Waals surface area contributed by atoms with Crippen molar-refractivity contribution in [1.82, 2.24) is 5.32 Å². The van der Waals surface area contributed by atoms with Gasteiger partial charge in [-0.15, -0.1) is 0 Å². The van der Waals surface area contributed by atoms with Gasteiger partial charge in [0.2, 0.25) is 5.91 Å². The van der Waals surface area contributed by atoms with Gasteiger partial charge in [0.05, 0.1) is 17.7 Å². The van der Waals surface area contributed by atoms with Crippen LogP contribution in [0.2, 0.25) is 5.02 Å². The van der Waals surface area contributed by atoms with Gasteiger partial charge in [0, 0.05) is 11.6 Å². The maximum Gasteiger partial charge on any atom is 0.253 e. The molecule has 0 unspecified atom stereocenters. The molecule has 5 heteroatoms. The highest BCUT2D eigenvalue weighted by Gasteiger charge is 2.13. The predicted molar refractivity (Wildman–Crippen MR) is 92.9 cm³/mol. The van der Waals surface area contributed by atoms with E-state index < -0.39 is 0 Å². The second kappa shape index (κ2) is 8.34. The topological polar surface area (TPSA) is 58.2 Å². The monoisotopic (exact) mass is 330 g/mol. The molecule has 120 valence electrons. The summed E-state index contributed by atoms with van der Waals surface area (Å²) in [5, 5.41) is 6.15. The molecule has 2 rings (SSSR count). The standard InChI is InChI=1S/C18H19ClN2O2/c1-2-11-20-18(23)14-8-4-6-10-16(14)21-17(22)12-13-7-3-5-9-15(13)19/h3-10H,2,11-12H2,1H3,(H,20,23)(H,21,22). The van der Waals surface area contributed by atoms with Gasteiger partial charge in [0.15, 0.2) is 0 Å². The van der Waals surface area contributed by atoms with Crippen molar-refractivity contribution < 1.29 is 9.59 Å². The largest absolute Gasteiger partial charge is 0.352 e. The van der Waals surface area contributed by atoms with Crippen molar-refractivity contribution in [1.29, 1.82) is 0 Å². The fourth-order valence-corrected chi connectivity index (χ4v) is 2.34. The molecule has 0 fully saturated rings. The molecule has 23 heavy (non-hydrogen) atoms. The lowest BCUT2D eigenvalue weighted by atomic mass is 10.1. The zero-order valence-electron chi connectivity index (χ0n) is 12.9. The molecule has 0 saturated heterocycles. The van der Waals surface area contributed by atoms with Gasteiger partial charge in [-0.05, 0) is 30.2 Å². The quantitative estimate of drug-likeness (QED) is 0.849. The molecular weight excluding hydrogens is 312 g/mol. The Labute approximate surface area is 140 Å². The number of carbonyl (C=O) groups is 2. The van der Waals surface area contributed by atoms with Crippen LogP contribution in [-0.2, 0) is 11.2 Å². The molecule has 0 heterocycles. The first-order chi connectivity index (χ1) is 11.1. The van der Waals surface area contributed by atoms with Gasteiger partial charge in [-0.2, -0.15) is 0 Å². The molecule has 2 aromatic rings. The molecule has 0 aliphatic rings. The number of nitrogens with one attached hydrogen (secondary N) is 2. The molecular formula is C18H19ClN2O2. The highest BCUT2D eigenvalue weighted by atomic mass is 35.5. The summed E-state index contributed by atoms with van der Waals surface area (Å²) in [6.07, 6.45) is 1.01. The SMILES string of the molecule is CCCNC(=O)c1ccccc1NC(=O)Cc1ccccc1Cl. The normalized spacial score (nSPS) is 10.2. The van der Waals surface area contributed by atoms with E-state index in [1.807, 2.05) is 25.1 Å². The van der Waals surface area contributed by atoms with Crippen LogP contribution in [0, 0.1) is 0 Å². The van der Waals surface area contributed by atoms with E-state index >= 15 is 0 Å². The molecule has 2 amide bonds. The second-order valence-corrected chi connectivity index (χ2v) is 5.53. The predicted octanol–water partition coefficient (Wildman–Crippen LogP) is 3.66. The Bertz CT molecular complexity index is 701. The third kappa shape index (κ3) is 4.83. The van der Waals surface area contributed by atoms with Gasteiger partial charge in [0.25, 0.3) is 5.91 Å². The van der Waals surface area contributed by atoms with Crippen LogP contribution in [0.15, 0.2) is 48.5 Å². The van der Waals surface area contributed by atoms with Crippen molar-refractivity contribution in [3.05, 3.63) is 64.7 Å². The molecule has 0 spiro atoms. The minimum atomic E-state index is -0.214. The number of carbonyl (C=O) groups excluding carboxylic acids is 2.